The Morgan fingerprint density at radius 3 is 2.22 bits per heavy atom. The summed E-state index contributed by atoms with van der Waals surface area (Å²) in [4.78, 5) is 20.3. The lowest BCUT2D eigenvalue weighted by Crippen LogP contribution is -2.39. The molecule has 0 unspecified atom stereocenters. The summed E-state index contributed by atoms with van der Waals surface area (Å²) >= 11 is 3.56. The van der Waals surface area contributed by atoms with Crippen LogP contribution in [0.4, 0.5) is 0 Å². The molecular weight excluding hydrogens is 142 g/mol. The summed E-state index contributed by atoms with van der Waals surface area (Å²) in [6.45, 7) is 0. The molecule has 9 heavy (non-hydrogen) atoms. The lowest BCUT2D eigenvalue weighted by Gasteiger charge is -1.99. The molecule has 0 fully saturated rings. The molecular formula is C4H7NO3S. The van der Waals surface area contributed by atoms with Gasteiger partial charge in [-0.25, -0.2) is 0 Å². The Morgan fingerprint density at radius 2 is 2.11 bits per heavy atom. The Bertz CT molecular complexity index is 136. The highest BCUT2D eigenvalue weighted by molar-refractivity contribution is 7.81. The second kappa shape index (κ2) is 3.47. The highest BCUT2D eigenvalue weighted by atomic mass is 32.1. The first-order chi connectivity index (χ1) is 4.09. The molecule has 0 aromatic heterocycles. The van der Waals surface area contributed by atoms with Crippen LogP contribution in [0.25, 0.3) is 0 Å². The Labute approximate surface area is 57.4 Å². The van der Waals surface area contributed by atoms with E-state index in [4.69, 9.17) is 10.8 Å². The van der Waals surface area contributed by atoms with Crippen LogP contribution < -0.4 is 5.73 Å². The molecule has 0 heterocycles. The van der Waals surface area contributed by atoms with Crippen LogP contribution in [0.5, 0.6) is 0 Å². The maximum atomic E-state index is 10.4. The predicted octanol–water partition coefficient (Wildman–Crippen LogP) is -1.10. The molecule has 0 saturated heterocycles. The molecule has 0 rings (SSSR count). The van der Waals surface area contributed by atoms with Gasteiger partial charge in [-0.05, 0) is 0 Å². The largest absolute Gasteiger partial charge is 0.480 e. The summed E-state index contributed by atoms with van der Waals surface area (Å²) in [6, 6.07) is -1.41. The summed E-state index contributed by atoms with van der Waals surface area (Å²) < 4.78 is 0. The van der Waals surface area contributed by atoms with Gasteiger partial charge in [0.15, 0.2) is 11.8 Å². The van der Waals surface area contributed by atoms with Gasteiger partial charge in [-0.2, -0.15) is 12.6 Å². The molecule has 3 N–H and O–H groups in total. The maximum absolute atomic E-state index is 10.4. The molecule has 0 amide bonds. The molecule has 0 bridgehead atoms. The molecule has 52 valence electrons. The van der Waals surface area contributed by atoms with E-state index in [1.54, 1.807) is 0 Å². The van der Waals surface area contributed by atoms with E-state index in [-0.39, 0.29) is 5.75 Å². The number of hydrogen-bond acceptors (Lipinski definition) is 4. The Hall–Kier alpha value is -0.550. The van der Waals surface area contributed by atoms with E-state index >= 15 is 0 Å². The van der Waals surface area contributed by atoms with E-state index < -0.39 is 17.8 Å². The van der Waals surface area contributed by atoms with Crippen LogP contribution in [0.15, 0.2) is 0 Å². The minimum absolute atomic E-state index is 0.131. The zero-order chi connectivity index (χ0) is 7.44. The number of hydrogen-bond donors (Lipinski definition) is 3. The average molecular weight is 149 g/mol. The second-order valence-electron chi connectivity index (χ2n) is 1.44. The number of rotatable bonds is 3. The van der Waals surface area contributed by atoms with Crippen LogP contribution in [0.1, 0.15) is 0 Å². The lowest BCUT2D eigenvalue weighted by molar-refractivity contribution is -0.141. The quantitative estimate of drug-likeness (QED) is 0.351. The zero-order valence-electron chi connectivity index (χ0n) is 4.57. The van der Waals surface area contributed by atoms with Gasteiger partial charge in [-0.3, -0.25) is 9.59 Å². The first-order valence-electron chi connectivity index (χ1n) is 2.21. The van der Waals surface area contributed by atoms with Gasteiger partial charge in [0.1, 0.15) is 0 Å². The topological polar surface area (TPSA) is 80.4 Å². The summed E-state index contributed by atoms with van der Waals surface area (Å²) in [7, 11) is 0. The van der Waals surface area contributed by atoms with Crippen molar-refractivity contribution in [3.63, 3.8) is 0 Å². The minimum Gasteiger partial charge on any atom is -0.480 e. The van der Waals surface area contributed by atoms with Crippen molar-refractivity contribution >= 4 is 24.4 Å². The number of carboxylic acid groups (broad SMARTS) is 1. The number of carboxylic acids is 1. The molecule has 4 nitrogen and oxygen atoms in total. The van der Waals surface area contributed by atoms with Crippen molar-refractivity contribution in [3.05, 3.63) is 0 Å². The highest BCUT2D eigenvalue weighted by Crippen LogP contribution is 1.84. The fraction of sp³-hybridized carbons (Fsp3) is 0.500. The number of aliphatic carboxylic acids is 1. The van der Waals surface area contributed by atoms with Crippen LogP contribution in [0.3, 0.4) is 0 Å². The van der Waals surface area contributed by atoms with Crippen LogP contribution in [-0.2, 0) is 9.59 Å². The Morgan fingerprint density at radius 1 is 1.67 bits per heavy atom. The van der Waals surface area contributed by atoms with Gasteiger partial charge in [-0.15, -0.1) is 0 Å². The van der Waals surface area contributed by atoms with Crippen molar-refractivity contribution in [2.45, 2.75) is 6.04 Å². The first kappa shape index (κ1) is 8.45. The first-order valence-corrected chi connectivity index (χ1v) is 2.84. The van der Waals surface area contributed by atoms with E-state index in [9.17, 15) is 9.59 Å². The smallest absolute Gasteiger partial charge is 0.328 e. The van der Waals surface area contributed by atoms with Crippen molar-refractivity contribution < 1.29 is 14.7 Å². The van der Waals surface area contributed by atoms with Crippen LogP contribution in [0, 0.1) is 0 Å². The van der Waals surface area contributed by atoms with Crippen molar-refractivity contribution in [3.8, 4) is 0 Å². The molecule has 0 radical (unpaired) electrons. The Kier molecular flexibility index (Phi) is 3.26. The SMILES string of the molecule is N[C@H](C(=O)O)C(=O)CS. The molecule has 1 atom stereocenters. The zero-order valence-corrected chi connectivity index (χ0v) is 5.47. The van der Waals surface area contributed by atoms with Gasteiger partial charge >= 0.3 is 5.97 Å². The normalized spacial score (nSPS) is 12.7. The number of carbonyl (C=O) groups is 2. The molecule has 0 spiro atoms. The predicted molar refractivity (Wildman–Crippen MR) is 34.5 cm³/mol. The van der Waals surface area contributed by atoms with Gasteiger partial charge < -0.3 is 10.8 Å². The number of Topliss-reactive ketones (excluding diaryl/α,β-unsaturated/α-hetero) is 1. The van der Waals surface area contributed by atoms with Crippen molar-refractivity contribution in [1.29, 1.82) is 0 Å². The van der Waals surface area contributed by atoms with Gasteiger partial charge in [0.05, 0.1) is 5.75 Å². The molecule has 5 heteroatoms. The molecule has 0 aromatic rings. The van der Waals surface area contributed by atoms with Gasteiger partial charge in [0.25, 0.3) is 0 Å². The summed E-state index contributed by atoms with van der Waals surface area (Å²) in [5.41, 5.74) is 4.87. The second-order valence-corrected chi connectivity index (χ2v) is 1.76. The van der Waals surface area contributed by atoms with E-state index in [0.717, 1.165) is 0 Å². The average Bonchev–Trinajstić information content (AvgIpc) is 1.84. The molecule has 0 aliphatic rings. The van der Waals surface area contributed by atoms with Crippen LogP contribution >= 0.6 is 12.6 Å². The third-order valence-electron chi connectivity index (χ3n) is 0.769. The monoisotopic (exact) mass is 149 g/mol. The van der Waals surface area contributed by atoms with Gasteiger partial charge in [0, 0.05) is 0 Å². The Balaban J connectivity index is 3.88. The number of ketones is 1. The van der Waals surface area contributed by atoms with E-state index in [1.807, 2.05) is 0 Å². The van der Waals surface area contributed by atoms with Crippen molar-refractivity contribution in [1.82, 2.24) is 0 Å². The summed E-state index contributed by atoms with van der Waals surface area (Å²) in [5, 5.41) is 8.10. The third-order valence-corrected chi connectivity index (χ3v) is 1.08. The van der Waals surface area contributed by atoms with E-state index in [2.05, 4.69) is 12.6 Å². The molecule has 0 aromatic carbocycles. The van der Waals surface area contributed by atoms with E-state index in [1.165, 1.54) is 0 Å². The van der Waals surface area contributed by atoms with Crippen LogP contribution in [0.2, 0.25) is 0 Å². The van der Waals surface area contributed by atoms with Crippen molar-refractivity contribution in [2.75, 3.05) is 5.75 Å². The van der Waals surface area contributed by atoms with Crippen LogP contribution in [-0.4, -0.2) is 28.7 Å². The summed E-state index contributed by atoms with van der Waals surface area (Å²) in [5.74, 6) is -2.02. The number of nitrogens with two attached hydrogens (primary N) is 1. The lowest BCUT2D eigenvalue weighted by atomic mass is 10.2. The maximum Gasteiger partial charge on any atom is 0.328 e. The highest BCUT2D eigenvalue weighted by Gasteiger charge is 2.18. The van der Waals surface area contributed by atoms with Gasteiger partial charge in [0.2, 0.25) is 0 Å². The fourth-order valence-corrected chi connectivity index (χ4v) is 0.433. The van der Waals surface area contributed by atoms with E-state index in [0.29, 0.717) is 0 Å². The third kappa shape index (κ3) is 2.48. The van der Waals surface area contributed by atoms with Crippen molar-refractivity contribution in [2.24, 2.45) is 5.73 Å². The molecule has 0 aliphatic heterocycles. The summed E-state index contributed by atoms with van der Waals surface area (Å²) in [6.07, 6.45) is 0. The van der Waals surface area contributed by atoms with Gasteiger partial charge in [-0.1, -0.05) is 0 Å². The number of thiol groups is 1. The minimum atomic E-state index is -1.41. The molecule has 0 saturated carbocycles. The fourth-order valence-electron chi connectivity index (χ4n) is 0.236. The number of carbonyl (C=O) groups excluding carboxylic acids is 1. The molecule has 0 aliphatic carbocycles. The standard InChI is InChI=1S/C4H7NO3S/c5-3(4(7)8)2(6)1-9/h3,9H,1,5H2,(H,7,8)/t3-/m0/s1.